The number of ether oxygens (including phenoxy) is 1. The molecule has 2 rings (SSSR count). The van der Waals surface area contributed by atoms with Crippen LogP contribution >= 0.6 is 11.3 Å². The summed E-state index contributed by atoms with van der Waals surface area (Å²) in [6, 6.07) is 1.80. The van der Waals surface area contributed by atoms with E-state index < -0.39 is 5.97 Å². The van der Waals surface area contributed by atoms with Gasteiger partial charge in [-0.05, 0) is 12.5 Å². The van der Waals surface area contributed by atoms with Gasteiger partial charge in [-0.15, -0.1) is 11.3 Å². The lowest BCUT2D eigenvalue weighted by Crippen LogP contribution is -1.99. The Kier molecular flexibility index (Phi) is 3.99. The van der Waals surface area contributed by atoms with Crippen molar-refractivity contribution >= 4 is 17.3 Å². The van der Waals surface area contributed by atoms with Gasteiger partial charge in [-0.25, -0.2) is 4.79 Å². The first-order valence-electron chi connectivity index (χ1n) is 5.57. The minimum atomic E-state index is -0.956. The maximum atomic E-state index is 11.1. The Bertz CT molecular complexity index is 518. The predicted octanol–water partition coefficient (Wildman–Crippen LogP) is 2.97. The zero-order chi connectivity index (χ0) is 13.0. The molecule has 0 amide bonds. The number of rotatable bonds is 6. The Morgan fingerprint density at radius 2 is 2.44 bits per heavy atom. The highest BCUT2D eigenvalue weighted by molar-refractivity contribution is 7.14. The van der Waals surface area contributed by atoms with Gasteiger partial charge in [0.1, 0.15) is 18.6 Å². The fourth-order valence-corrected chi connectivity index (χ4v) is 2.55. The van der Waals surface area contributed by atoms with Gasteiger partial charge in [-0.2, -0.15) is 0 Å². The summed E-state index contributed by atoms with van der Waals surface area (Å²) < 4.78 is 10.2. The topological polar surface area (TPSA) is 72.6 Å². The molecule has 0 atom stereocenters. The van der Waals surface area contributed by atoms with Crippen molar-refractivity contribution in [2.45, 2.75) is 26.4 Å². The third-order valence-electron chi connectivity index (χ3n) is 2.32. The number of nitrogens with zero attached hydrogens (tertiary/aromatic N) is 1. The van der Waals surface area contributed by atoms with Crippen LogP contribution < -0.4 is 4.74 Å². The SMILES string of the molecule is CCCc1cc(OCc2cnoc2)c(C(=O)O)s1. The van der Waals surface area contributed by atoms with Gasteiger partial charge >= 0.3 is 5.97 Å². The van der Waals surface area contributed by atoms with E-state index in [2.05, 4.69) is 16.6 Å². The summed E-state index contributed by atoms with van der Waals surface area (Å²) in [4.78, 5) is 12.4. The number of thiophene rings is 1. The summed E-state index contributed by atoms with van der Waals surface area (Å²) in [5.41, 5.74) is 0.773. The van der Waals surface area contributed by atoms with Crippen molar-refractivity contribution in [3.05, 3.63) is 33.8 Å². The Balaban J connectivity index is 2.12. The van der Waals surface area contributed by atoms with Crippen molar-refractivity contribution in [3.63, 3.8) is 0 Å². The molecule has 2 aromatic heterocycles. The summed E-state index contributed by atoms with van der Waals surface area (Å²) in [7, 11) is 0. The van der Waals surface area contributed by atoms with Crippen molar-refractivity contribution < 1.29 is 19.2 Å². The first-order chi connectivity index (χ1) is 8.70. The molecule has 2 heterocycles. The van der Waals surface area contributed by atoms with Gasteiger partial charge in [0.2, 0.25) is 0 Å². The molecule has 0 bridgehead atoms. The van der Waals surface area contributed by atoms with Crippen LogP contribution in [0.5, 0.6) is 5.75 Å². The zero-order valence-electron chi connectivity index (χ0n) is 9.88. The number of aromatic carboxylic acids is 1. The van der Waals surface area contributed by atoms with Gasteiger partial charge in [0.05, 0.1) is 6.20 Å². The zero-order valence-corrected chi connectivity index (χ0v) is 10.7. The van der Waals surface area contributed by atoms with Crippen molar-refractivity contribution in [1.29, 1.82) is 0 Å². The predicted molar refractivity (Wildman–Crippen MR) is 66.1 cm³/mol. The number of carboxylic acid groups (broad SMARTS) is 1. The van der Waals surface area contributed by atoms with E-state index in [4.69, 9.17) is 9.84 Å². The van der Waals surface area contributed by atoms with E-state index >= 15 is 0 Å². The Morgan fingerprint density at radius 1 is 1.61 bits per heavy atom. The third-order valence-corrected chi connectivity index (χ3v) is 3.48. The van der Waals surface area contributed by atoms with Crippen molar-refractivity contribution in [1.82, 2.24) is 5.16 Å². The van der Waals surface area contributed by atoms with E-state index in [0.717, 1.165) is 23.3 Å². The van der Waals surface area contributed by atoms with E-state index in [1.165, 1.54) is 17.6 Å². The van der Waals surface area contributed by atoms with Crippen LogP contribution in [0.4, 0.5) is 0 Å². The monoisotopic (exact) mass is 267 g/mol. The molecule has 6 heteroatoms. The molecule has 0 aliphatic rings. The van der Waals surface area contributed by atoms with E-state index in [-0.39, 0.29) is 11.5 Å². The number of aryl methyl sites for hydroxylation is 1. The van der Waals surface area contributed by atoms with Gasteiger partial charge in [-0.3, -0.25) is 0 Å². The minimum absolute atomic E-state index is 0.245. The smallest absolute Gasteiger partial charge is 0.349 e. The highest BCUT2D eigenvalue weighted by Gasteiger charge is 2.16. The summed E-state index contributed by atoms with van der Waals surface area (Å²) in [5, 5.41) is 12.7. The van der Waals surface area contributed by atoms with Crippen LogP contribution in [0.25, 0.3) is 0 Å². The summed E-state index contributed by atoms with van der Waals surface area (Å²) in [5.74, 6) is -0.542. The average Bonchev–Trinajstić information content (AvgIpc) is 2.95. The molecule has 0 radical (unpaired) electrons. The number of carbonyl (C=O) groups is 1. The first-order valence-corrected chi connectivity index (χ1v) is 6.39. The van der Waals surface area contributed by atoms with Crippen molar-refractivity contribution in [2.24, 2.45) is 0 Å². The molecule has 1 N–H and O–H groups in total. The summed E-state index contributed by atoms with van der Waals surface area (Å²) in [6.45, 7) is 2.31. The van der Waals surface area contributed by atoms with Crippen LogP contribution in [0, 0.1) is 0 Å². The van der Waals surface area contributed by atoms with Crippen LogP contribution in [0.15, 0.2) is 23.0 Å². The van der Waals surface area contributed by atoms with E-state index in [9.17, 15) is 4.79 Å². The minimum Gasteiger partial charge on any atom is -0.487 e. The lowest BCUT2D eigenvalue weighted by molar-refractivity contribution is 0.0697. The van der Waals surface area contributed by atoms with Gasteiger partial charge < -0.3 is 14.4 Å². The lowest BCUT2D eigenvalue weighted by atomic mass is 10.3. The molecule has 0 aliphatic carbocycles. The quantitative estimate of drug-likeness (QED) is 0.871. The number of hydrogen-bond acceptors (Lipinski definition) is 5. The molecule has 0 spiro atoms. The molecule has 0 fully saturated rings. The second-order valence-corrected chi connectivity index (χ2v) is 4.92. The van der Waals surface area contributed by atoms with Crippen LogP contribution in [0.2, 0.25) is 0 Å². The normalized spacial score (nSPS) is 10.5. The summed E-state index contributed by atoms with van der Waals surface area (Å²) >= 11 is 1.27. The highest BCUT2D eigenvalue weighted by atomic mass is 32.1. The molecule has 2 aromatic rings. The van der Waals surface area contributed by atoms with Crippen molar-refractivity contribution in [3.8, 4) is 5.75 Å². The summed E-state index contributed by atoms with van der Waals surface area (Å²) in [6.07, 6.45) is 4.85. The van der Waals surface area contributed by atoms with Crippen molar-refractivity contribution in [2.75, 3.05) is 0 Å². The van der Waals surface area contributed by atoms with Crippen LogP contribution in [-0.2, 0) is 13.0 Å². The van der Waals surface area contributed by atoms with E-state index in [0.29, 0.717) is 5.75 Å². The molecule has 0 saturated heterocycles. The molecular weight excluding hydrogens is 254 g/mol. The molecule has 0 saturated carbocycles. The fraction of sp³-hybridized carbons (Fsp3) is 0.333. The molecular formula is C12H13NO4S. The van der Waals surface area contributed by atoms with Gasteiger partial charge in [-0.1, -0.05) is 18.5 Å². The van der Waals surface area contributed by atoms with Crippen LogP contribution in [-0.4, -0.2) is 16.2 Å². The highest BCUT2D eigenvalue weighted by Crippen LogP contribution is 2.30. The first kappa shape index (κ1) is 12.6. The molecule has 0 aromatic carbocycles. The van der Waals surface area contributed by atoms with Gasteiger partial charge in [0.25, 0.3) is 0 Å². The molecule has 18 heavy (non-hydrogen) atoms. The van der Waals surface area contributed by atoms with Crippen LogP contribution in [0.3, 0.4) is 0 Å². The van der Waals surface area contributed by atoms with Crippen LogP contribution in [0.1, 0.15) is 33.5 Å². The Labute approximate surface area is 108 Å². The Hall–Kier alpha value is -1.82. The molecule has 5 nitrogen and oxygen atoms in total. The average molecular weight is 267 g/mol. The third kappa shape index (κ3) is 2.89. The second kappa shape index (κ2) is 5.68. The number of hydrogen-bond donors (Lipinski definition) is 1. The number of carboxylic acids is 1. The molecule has 96 valence electrons. The fourth-order valence-electron chi connectivity index (χ4n) is 1.51. The molecule has 0 unspecified atom stereocenters. The standard InChI is InChI=1S/C12H13NO4S/c1-2-3-9-4-10(11(18-9)12(14)15)16-6-8-5-13-17-7-8/h4-5,7H,2-3,6H2,1H3,(H,14,15). The largest absolute Gasteiger partial charge is 0.487 e. The maximum Gasteiger partial charge on any atom is 0.349 e. The maximum absolute atomic E-state index is 11.1. The second-order valence-electron chi connectivity index (χ2n) is 3.78. The Morgan fingerprint density at radius 3 is 3.06 bits per heavy atom. The lowest BCUT2D eigenvalue weighted by Gasteiger charge is -2.02. The van der Waals surface area contributed by atoms with E-state index in [1.807, 2.05) is 0 Å². The van der Waals surface area contributed by atoms with Gasteiger partial charge in [0.15, 0.2) is 4.88 Å². The number of aromatic nitrogens is 1. The molecule has 0 aliphatic heterocycles. The van der Waals surface area contributed by atoms with Gasteiger partial charge in [0, 0.05) is 10.4 Å². The van der Waals surface area contributed by atoms with E-state index in [1.54, 1.807) is 12.3 Å².